The molecule has 0 spiro atoms. The number of aryl methyl sites for hydroxylation is 1. The Labute approximate surface area is 125 Å². The van der Waals surface area contributed by atoms with Gasteiger partial charge in [0, 0.05) is 17.3 Å². The van der Waals surface area contributed by atoms with Gasteiger partial charge >= 0.3 is 0 Å². The van der Waals surface area contributed by atoms with Crippen LogP contribution < -0.4 is 10.1 Å². The highest BCUT2D eigenvalue weighted by Gasteiger charge is 2.01. The second-order valence-electron chi connectivity index (χ2n) is 4.69. The fourth-order valence-electron chi connectivity index (χ4n) is 1.97. The van der Waals surface area contributed by atoms with Crippen LogP contribution in [-0.2, 0) is 6.42 Å². The van der Waals surface area contributed by atoms with Crippen molar-refractivity contribution in [2.45, 2.75) is 20.3 Å². The van der Waals surface area contributed by atoms with Crippen molar-refractivity contribution in [1.29, 1.82) is 0 Å². The lowest BCUT2D eigenvalue weighted by Crippen LogP contribution is -2.12. The first-order valence-corrected chi connectivity index (χ1v) is 7.29. The average Bonchev–Trinajstić information content (AvgIpc) is 2.48. The Balaban J connectivity index is 1.80. The summed E-state index contributed by atoms with van der Waals surface area (Å²) in [6, 6.07) is 14.1. The number of anilines is 1. The first-order valence-electron chi connectivity index (χ1n) is 6.91. The molecule has 0 aliphatic heterocycles. The van der Waals surface area contributed by atoms with E-state index in [0.717, 1.165) is 35.0 Å². The van der Waals surface area contributed by atoms with Crippen molar-refractivity contribution in [2.75, 3.05) is 18.5 Å². The molecule has 0 aliphatic rings. The molecule has 3 heteroatoms. The Bertz CT molecular complexity index is 551. The quantitative estimate of drug-likeness (QED) is 0.778. The van der Waals surface area contributed by atoms with E-state index < -0.39 is 0 Å². The molecule has 0 aliphatic carbocycles. The SMILES string of the molecule is CCc1ccc(OCCNc2cccc(Cl)c2C)cc1. The molecule has 0 aromatic heterocycles. The summed E-state index contributed by atoms with van der Waals surface area (Å²) >= 11 is 6.08. The molecule has 2 aromatic carbocycles. The standard InChI is InChI=1S/C17H20ClNO/c1-3-14-7-9-15(10-8-14)20-12-11-19-17-6-4-5-16(18)13(17)2/h4-10,19H,3,11-12H2,1-2H3. The fourth-order valence-corrected chi connectivity index (χ4v) is 2.15. The van der Waals surface area contributed by atoms with Gasteiger partial charge in [0.15, 0.2) is 0 Å². The zero-order chi connectivity index (χ0) is 14.4. The maximum atomic E-state index is 6.08. The molecule has 2 rings (SSSR count). The molecule has 20 heavy (non-hydrogen) atoms. The van der Waals surface area contributed by atoms with Gasteiger partial charge in [0.1, 0.15) is 12.4 Å². The number of rotatable bonds is 6. The summed E-state index contributed by atoms with van der Waals surface area (Å²) in [7, 11) is 0. The van der Waals surface area contributed by atoms with E-state index in [0.29, 0.717) is 6.61 Å². The summed E-state index contributed by atoms with van der Waals surface area (Å²) in [5.74, 6) is 0.909. The molecule has 0 heterocycles. The van der Waals surface area contributed by atoms with Crippen molar-refractivity contribution in [3.05, 3.63) is 58.6 Å². The van der Waals surface area contributed by atoms with Crippen molar-refractivity contribution in [2.24, 2.45) is 0 Å². The third-order valence-corrected chi connectivity index (χ3v) is 3.69. The predicted molar refractivity (Wildman–Crippen MR) is 86.0 cm³/mol. The molecule has 0 unspecified atom stereocenters. The van der Waals surface area contributed by atoms with Crippen molar-refractivity contribution in [3.63, 3.8) is 0 Å². The summed E-state index contributed by atoms with van der Waals surface area (Å²) in [6.07, 6.45) is 1.05. The van der Waals surface area contributed by atoms with Gasteiger partial charge in [-0.05, 0) is 48.7 Å². The molecule has 1 N–H and O–H groups in total. The number of benzene rings is 2. The zero-order valence-electron chi connectivity index (χ0n) is 11.9. The fraction of sp³-hybridized carbons (Fsp3) is 0.294. The Morgan fingerprint density at radius 1 is 1.10 bits per heavy atom. The molecule has 2 aromatic rings. The van der Waals surface area contributed by atoms with Crippen LogP contribution in [0.15, 0.2) is 42.5 Å². The van der Waals surface area contributed by atoms with E-state index in [1.807, 2.05) is 37.3 Å². The second kappa shape index (κ2) is 7.20. The summed E-state index contributed by atoms with van der Waals surface area (Å²) < 4.78 is 5.70. The molecule has 0 amide bonds. The number of nitrogens with one attached hydrogen (secondary N) is 1. The van der Waals surface area contributed by atoms with Gasteiger partial charge in [0.25, 0.3) is 0 Å². The Morgan fingerprint density at radius 2 is 1.85 bits per heavy atom. The second-order valence-corrected chi connectivity index (χ2v) is 5.09. The lowest BCUT2D eigenvalue weighted by atomic mass is 10.2. The van der Waals surface area contributed by atoms with Crippen LogP contribution in [0.3, 0.4) is 0 Å². The normalized spacial score (nSPS) is 10.3. The lowest BCUT2D eigenvalue weighted by molar-refractivity contribution is 0.333. The highest BCUT2D eigenvalue weighted by Crippen LogP contribution is 2.22. The Hall–Kier alpha value is -1.67. The minimum Gasteiger partial charge on any atom is -0.492 e. The molecule has 0 bridgehead atoms. The maximum absolute atomic E-state index is 6.08. The largest absolute Gasteiger partial charge is 0.492 e. The van der Waals surface area contributed by atoms with Crippen LogP contribution >= 0.6 is 11.6 Å². The van der Waals surface area contributed by atoms with E-state index in [-0.39, 0.29) is 0 Å². The Morgan fingerprint density at radius 3 is 2.55 bits per heavy atom. The van der Waals surface area contributed by atoms with Gasteiger partial charge in [-0.15, -0.1) is 0 Å². The summed E-state index contributed by atoms with van der Waals surface area (Å²) in [6.45, 7) is 5.52. The van der Waals surface area contributed by atoms with Crippen LogP contribution in [-0.4, -0.2) is 13.2 Å². The van der Waals surface area contributed by atoms with Crippen LogP contribution in [0.4, 0.5) is 5.69 Å². The van der Waals surface area contributed by atoms with Crippen molar-refractivity contribution in [1.82, 2.24) is 0 Å². The van der Waals surface area contributed by atoms with Crippen LogP contribution in [0, 0.1) is 6.92 Å². The molecule has 106 valence electrons. The summed E-state index contributed by atoms with van der Waals surface area (Å²) in [4.78, 5) is 0. The van der Waals surface area contributed by atoms with E-state index >= 15 is 0 Å². The van der Waals surface area contributed by atoms with Gasteiger partial charge in [0.05, 0.1) is 0 Å². The monoisotopic (exact) mass is 289 g/mol. The van der Waals surface area contributed by atoms with Gasteiger partial charge in [-0.25, -0.2) is 0 Å². The van der Waals surface area contributed by atoms with Gasteiger partial charge in [-0.1, -0.05) is 36.7 Å². The third kappa shape index (κ3) is 3.91. The van der Waals surface area contributed by atoms with E-state index in [2.05, 4.69) is 24.4 Å². The van der Waals surface area contributed by atoms with Gasteiger partial charge in [0.2, 0.25) is 0 Å². The number of ether oxygens (including phenoxy) is 1. The van der Waals surface area contributed by atoms with Gasteiger partial charge < -0.3 is 10.1 Å². The van der Waals surface area contributed by atoms with Crippen molar-refractivity contribution in [3.8, 4) is 5.75 Å². The maximum Gasteiger partial charge on any atom is 0.119 e. The molecule has 0 fully saturated rings. The van der Waals surface area contributed by atoms with Crippen LogP contribution in [0.1, 0.15) is 18.1 Å². The van der Waals surface area contributed by atoms with Gasteiger partial charge in [-0.2, -0.15) is 0 Å². The average molecular weight is 290 g/mol. The summed E-state index contributed by atoms with van der Waals surface area (Å²) in [5, 5.41) is 4.12. The van der Waals surface area contributed by atoms with Crippen LogP contribution in [0.25, 0.3) is 0 Å². The highest BCUT2D eigenvalue weighted by atomic mass is 35.5. The van der Waals surface area contributed by atoms with Crippen molar-refractivity contribution < 1.29 is 4.74 Å². The minimum absolute atomic E-state index is 0.622. The molecule has 2 nitrogen and oxygen atoms in total. The van der Waals surface area contributed by atoms with Crippen molar-refractivity contribution >= 4 is 17.3 Å². The van der Waals surface area contributed by atoms with E-state index in [9.17, 15) is 0 Å². The topological polar surface area (TPSA) is 21.3 Å². The first kappa shape index (κ1) is 14.7. The zero-order valence-corrected chi connectivity index (χ0v) is 12.7. The molecule has 0 saturated carbocycles. The molecule has 0 saturated heterocycles. The van der Waals surface area contributed by atoms with Crippen LogP contribution in [0.5, 0.6) is 5.75 Å². The number of hydrogen-bond acceptors (Lipinski definition) is 2. The predicted octanol–water partition coefficient (Wildman–Crippen LogP) is 4.70. The Kier molecular flexibility index (Phi) is 5.31. The first-order chi connectivity index (χ1) is 9.70. The van der Waals surface area contributed by atoms with E-state index in [1.54, 1.807) is 0 Å². The third-order valence-electron chi connectivity index (χ3n) is 3.29. The summed E-state index contributed by atoms with van der Waals surface area (Å²) in [5.41, 5.74) is 3.45. The van der Waals surface area contributed by atoms with E-state index in [4.69, 9.17) is 16.3 Å². The number of hydrogen-bond donors (Lipinski definition) is 1. The molecular formula is C17H20ClNO. The minimum atomic E-state index is 0.622. The van der Waals surface area contributed by atoms with E-state index in [1.165, 1.54) is 5.56 Å². The molecule has 0 radical (unpaired) electrons. The van der Waals surface area contributed by atoms with Crippen LogP contribution in [0.2, 0.25) is 5.02 Å². The smallest absolute Gasteiger partial charge is 0.119 e. The molecular weight excluding hydrogens is 270 g/mol. The molecule has 0 atom stereocenters. The highest BCUT2D eigenvalue weighted by molar-refractivity contribution is 6.31. The lowest BCUT2D eigenvalue weighted by Gasteiger charge is -2.11. The van der Waals surface area contributed by atoms with Gasteiger partial charge in [-0.3, -0.25) is 0 Å². The number of halogens is 1.